The minimum atomic E-state index is -4.52. The number of carbonyl (C=O) groups is 2. The Balaban J connectivity index is 2.29. The Morgan fingerprint density at radius 3 is 2.53 bits per heavy atom. The molecule has 0 spiro atoms. The average molecular weight is 483 g/mol. The highest BCUT2D eigenvalue weighted by Gasteiger charge is 2.29. The van der Waals surface area contributed by atoms with Crippen molar-refractivity contribution in [2.24, 2.45) is 0 Å². The zero-order valence-corrected chi connectivity index (χ0v) is 19.6. The molecule has 0 aromatic carbocycles. The number of pyridine rings is 2. The van der Waals surface area contributed by atoms with Gasteiger partial charge in [-0.1, -0.05) is 0 Å². The van der Waals surface area contributed by atoms with Crippen LogP contribution in [0.4, 0.5) is 24.8 Å². The van der Waals surface area contributed by atoms with E-state index in [2.05, 4.69) is 20.6 Å². The molecule has 2 aromatic heterocycles. The highest BCUT2D eigenvalue weighted by molar-refractivity contribution is 5.99. The van der Waals surface area contributed by atoms with E-state index in [-0.39, 0.29) is 23.2 Å². The van der Waals surface area contributed by atoms with E-state index in [4.69, 9.17) is 9.47 Å². The van der Waals surface area contributed by atoms with Crippen molar-refractivity contribution in [1.82, 2.24) is 15.3 Å². The van der Waals surface area contributed by atoms with Crippen LogP contribution >= 0.6 is 0 Å². The van der Waals surface area contributed by atoms with Crippen molar-refractivity contribution in [3.8, 4) is 5.88 Å². The van der Waals surface area contributed by atoms with Crippen molar-refractivity contribution in [2.75, 3.05) is 44.1 Å². The van der Waals surface area contributed by atoms with Gasteiger partial charge in [-0.3, -0.25) is 9.59 Å². The second-order valence-electron chi connectivity index (χ2n) is 7.64. The largest absolute Gasteiger partial charge is 0.468 e. The summed E-state index contributed by atoms with van der Waals surface area (Å²) >= 11 is 0. The monoisotopic (exact) mass is 483 g/mol. The second kappa shape index (κ2) is 11.6. The number of nitrogens with one attached hydrogen (secondary N) is 2. The molecule has 2 N–H and O–H groups in total. The first-order valence-corrected chi connectivity index (χ1v) is 10.4. The topological polar surface area (TPSA) is 106 Å². The number of rotatable bonds is 10. The molecule has 0 radical (unpaired) electrons. The molecule has 0 saturated heterocycles. The SMILES string of the molecule is COCCN(C)c1nc(OCC(F)(F)F)ccc1C(=O)NC(C)c1cc(C)nc(NC(C)=O)c1. The quantitative estimate of drug-likeness (QED) is 0.534. The maximum atomic E-state index is 13.1. The van der Waals surface area contributed by atoms with Crippen molar-refractivity contribution in [1.29, 1.82) is 0 Å². The lowest BCUT2D eigenvalue weighted by molar-refractivity contribution is -0.154. The fraction of sp³-hybridized carbons (Fsp3) is 0.455. The lowest BCUT2D eigenvalue weighted by Gasteiger charge is -2.23. The third-order valence-corrected chi connectivity index (χ3v) is 4.60. The predicted octanol–water partition coefficient (Wildman–Crippen LogP) is 3.26. The van der Waals surface area contributed by atoms with Gasteiger partial charge in [-0.25, -0.2) is 4.98 Å². The minimum Gasteiger partial charge on any atom is -0.468 e. The van der Waals surface area contributed by atoms with Gasteiger partial charge in [0.2, 0.25) is 11.8 Å². The van der Waals surface area contributed by atoms with Crippen LogP contribution in [0.15, 0.2) is 24.3 Å². The molecular weight excluding hydrogens is 455 g/mol. The molecule has 0 fully saturated rings. The van der Waals surface area contributed by atoms with Crippen LogP contribution in [0.1, 0.15) is 41.5 Å². The van der Waals surface area contributed by atoms with Crippen LogP contribution in [0.25, 0.3) is 0 Å². The summed E-state index contributed by atoms with van der Waals surface area (Å²) in [5.74, 6) is -0.519. The highest BCUT2D eigenvalue weighted by Crippen LogP contribution is 2.25. The van der Waals surface area contributed by atoms with Gasteiger partial charge in [-0.2, -0.15) is 18.2 Å². The zero-order valence-electron chi connectivity index (χ0n) is 19.6. The first kappa shape index (κ1) is 26.8. The van der Waals surface area contributed by atoms with Gasteiger partial charge in [-0.15, -0.1) is 0 Å². The highest BCUT2D eigenvalue weighted by atomic mass is 19.4. The van der Waals surface area contributed by atoms with Crippen LogP contribution in [0.5, 0.6) is 5.88 Å². The number of ether oxygens (including phenoxy) is 2. The lowest BCUT2D eigenvalue weighted by Crippen LogP contribution is -2.31. The summed E-state index contributed by atoms with van der Waals surface area (Å²) in [6, 6.07) is 5.52. The van der Waals surface area contributed by atoms with Crippen LogP contribution in [-0.2, 0) is 9.53 Å². The summed E-state index contributed by atoms with van der Waals surface area (Å²) in [5, 5.41) is 5.46. The first-order chi connectivity index (χ1) is 15.9. The summed E-state index contributed by atoms with van der Waals surface area (Å²) in [4.78, 5) is 34.4. The van der Waals surface area contributed by atoms with Crippen LogP contribution in [0.3, 0.4) is 0 Å². The molecule has 186 valence electrons. The molecule has 0 bridgehead atoms. The fourth-order valence-corrected chi connectivity index (χ4v) is 3.02. The normalized spacial score (nSPS) is 12.1. The Kier molecular flexibility index (Phi) is 9.19. The van der Waals surface area contributed by atoms with Crippen molar-refractivity contribution in [2.45, 2.75) is 33.0 Å². The average Bonchev–Trinajstić information content (AvgIpc) is 2.74. The zero-order chi connectivity index (χ0) is 25.5. The van der Waals surface area contributed by atoms with Gasteiger partial charge >= 0.3 is 6.18 Å². The molecule has 9 nitrogen and oxygen atoms in total. The minimum absolute atomic E-state index is 0.145. The molecule has 12 heteroatoms. The number of nitrogens with zero attached hydrogens (tertiary/aromatic N) is 3. The molecule has 0 aliphatic heterocycles. The number of methoxy groups -OCH3 is 1. The summed E-state index contributed by atoms with van der Waals surface area (Å²) in [6.07, 6.45) is -4.52. The fourth-order valence-electron chi connectivity index (χ4n) is 3.02. The van der Waals surface area contributed by atoms with E-state index in [1.807, 2.05) is 0 Å². The molecule has 2 aromatic rings. The molecule has 1 atom stereocenters. The van der Waals surface area contributed by atoms with Crippen LogP contribution in [-0.4, -0.2) is 61.9 Å². The number of aryl methyl sites for hydroxylation is 1. The van der Waals surface area contributed by atoms with Crippen LogP contribution < -0.4 is 20.3 Å². The van der Waals surface area contributed by atoms with Gasteiger partial charge in [0, 0.05) is 39.4 Å². The van der Waals surface area contributed by atoms with E-state index in [1.54, 1.807) is 37.9 Å². The summed E-state index contributed by atoms with van der Waals surface area (Å²) in [5.41, 5.74) is 1.50. The maximum absolute atomic E-state index is 13.1. The standard InChI is InChI=1S/C22H28F3N5O4/c1-13-10-16(11-18(26-13)28-15(3)31)14(2)27-21(32)17-6-7-19(34-12-22(23,24)25)29-20(17)30(4)8-9-33-5/h6-7,10-11,14H,8-9,12H2,1-5H3,(H,27,32)(H,26,28,31). The lowest BCUT2D eigenvalue weighted by atomic mass is 10.1. The number of hydrogen-bond acceptors (Lipinski definition) is 7. The molecule has 2 rings (SSSR count). The molecule has 2 amide bonds. The number of carbonyl (C=O) groups excluding carboxylic acids is 2. The molecular formula is C22H28F3N5O4. The number of amides is 2. The predicted molar refractivity (Wildman–Crippen MR) is 120 cm³/mol. The Morgan fingerprint density at radius 2 is 1.91 bits per heavy atom. The van der Waals surface area contributed by atoms with E-state index < -0.39 is 24.7 Å². The smallest absolute Gasteiger partial charge is 0.422 e. The Hall–Kier alpha value is -3.41. The van der Waals surface area contributed by atoms with Gasteiger partial charge in [0.05, 0.1) is 18.2 Å². The molecule has 0 aliphatic rings. The van der Waals surface area contributed by atoms with E-state index in [0.29, 0.717) is 30.2 Å². The summed E-state index contributed by atoms with van der Waals surface area (Å²) < 4.78 is 47.4. The number of hydrogen-bond donors (Lipinski definition) is 2. The van der Waals surface area contributed by atoms with Crippen molar-refractivity contribution < 1.29 is 32.2 Å². The third-order valence-electron chi connectivity index (χ3n) is 4.60. The van der Waals surface area contributed by atoms with Crippen LogP contribution in [0.2, 0.25) is 0 Å². The number of alkyl halides is 3. The molecule has 0 saturated carbocycles. The van der Waals surface area contributed by atoms with E-state index >= 15 is 0 Å². The second-order valence-corrected chi connectivity index (χ2v) is 7.64. The van der Waals surface area contributed by atoms with E-state index in [9.17, 15) is 22.8 Å². The molecule has 34 heavy (non-hydrogen) atoms. The van der Waals surface area contributed by atoms with Crippen molar-refractivity contribution >= 4 is 23.5 Å². The molecule has 0 aliphatic carbocycles. The summed E-state index contributed by atoms with van der Waals surface area (Å²) in [6.45, 7) is 4.03. The number of aromatic nitrogens is 2. The van der Waals surface area contributed by atoms with Crippen LogP contribution in [0, 0.1) is 6.92 Å². The number of halogens is 3. The Bertz CT molecular complexity index is 1020. The first-order valence-electron chi connectivity index (χ1n) is 10.4. The molecule has 2 heterocycles. The van der Waals surface area contributed by atoms with Crippen molar-refractivity contribution in [3.63, 3.8) is 0 Å². The van der Waals surface area contributed by atoms with E-state index in [1.165, 1.54) is 26.2 Å². The van der Waals surface area contributed by atoms with E-state index in [0.717, 1.165) is 0 Å². The third kappa shape index (κ3) is 8.18. The van der Waals surface area contributed by atoms with Gasteiger partial charge in [0.15, 0.2) is 6.61 Å². The van der Waals surface area contributed by atoms with Gasteiger partial charge < -0.3 is 25.0 Å². The molecule has 1 unspecified atom stereocenters. The Labute approximate surface area is 195 Å². The number of likely N-dealkylation sites (N-methyl/N-ethyl adjacent to an activating group) is 1. The van der Waals surface area contributed by atoms with Gasteiger partial charge in [0.1, 0.15) is 11.6 Å². The number of anilines is 2. The summed E-state index contributed by atoms with van der Waals surface area (Å²) in [7, 11) is 3.15. The van der Waals surface area contributed by atoms with Gasteiger partial charge in [-0.05, 0) is 37.6 Å². The Morgan fingerprint density at radius 1 is 1.21 bits per heavy atom. The maximum Gasteiger partial charge on any atom is 0.422 e. The van der Waals surface area contributed by atoms with Gasteiger partial charge in [0.25, 0.3) is 5.91 Å². The van der Waals surface area contributed by atoms with Crippen molar-refractivity contribution in [3.05, 3.63) is 41.1 Å².